The van der Waals surface area contributed by atoms with Crippen molar-refractivity contribution in [2.24, 2.45) is 5.92 Å². The Morgan fingerprint density at radius 3 is 2.33 bits per heavy atom. The molecule has 0 atom stereocenters. The van der Waals surface area contributed by atoms with Crippen molar-refractivity contribution in [2.45, 2.75) is 58.5 Å². The van der Waals surface area contributed by atoms with E-state index >= 15 is 0 Å². The molecule has 0 radical (unpaired) electrons. The van der Waals surface area contributed by atoms with Crippen LogP contribution in [0.25, 0.3) is 0 Å². The maximum Gasteiger partial charge on any atom is 0.0206 e. The molecular weight excluding hydrogens is 256 g/mol. The maximum absolute atomic E-state index is 3.57. The average Bonchev–Trinajstić information content (AvgIpc) is 2.99. The Morgan fingerprint density at radius 2 is 1.71 bits per heavy atom. The van der Waals surface area contributed by atoms with Crippen molar-refractivity contribution in [1.82, 2.24) is 10.2 Å². The topological polar surface area (TPSA) is 15.3 Å². The van der Waals surface area contributed by atoms with Crippen LogP contribution in [0.2, 0.25) is 0 Å². The lowest BCUT2D eigenvalue weighted by molar-refractivity contribution is 0.245. The van der Waals surface area contributed by atoms with Crippen molar-refractivity contribution in [3.8, 4) is 0 Å². The van der Waals surface area contributed by atoms with Crippen molar-refractivity contribution in [1.29, 1.82) is 0 Å². The van der Waals surface area contributed by atoms with Gasteiger partial charge in [-0.2, -0.15) is 0 Å². The summed E-state index contributed by atoms with van der Waals surface area (Å²) in [5.41, 5.74) is 2.85. The van der Waals surface area contributed by atoms with Crippen LogP contribution in [0.1, 0.15) is 50.7 Å². The summed E-state index contributed by atoms with van der Waals surface area (Å²) < 4.78 is 0. The number of benzene rings is 1. The molecule has 2 nitrogen and oxygen atoms in total. The van der Waals surface area contributed by atoms with E-state index in [4.69, 9.17) is 0 Å². The van der Waals surface area contributed by atoms with Crippen LogP contribution in [0.4, 0.5) is 0 Å². The Labute approximate surface area is 130 Å². The summed E-state index contributed by atoms with van der Waals surface area (Å²) in [6.07, 6.45) is 6.82. The zero-order valence-corrected chi connectivity index (χ0v) is 14.1. The molecule has 2 heteroatoms. The van der Waals surface area contributed by atoms with E-state index in [1.165, 1.54) is 43.2 Å². The minimum Gasteiger partial charge on any atom is -0.311 e. The summed E-state index contributed by atoms with van der Waals surface area (Å²) >= 11 is 0. The Balaban J connectivity index is 1.64. The standard InChI is InChI=1S/C19H32N2/c1-16(2)14-17-8-10-18(11-9-17)15-20-12-13-21(3)19-6-4-5-7-19/h8-11,16,19-20H,4-7,12-15H2,1-3H3. The Bertz CT molecular complexity index is 391. The van der Waals surface area contributed by atoms with Gasteiger partial charge in [0.15, 0.2) is 0 Å². The highest BCUT2D eigenvalue weighted by Crippen LogP contribution is 2.21. The molecule has 0 saturated heterocycles. The van der Waals surface area contributed by atoms with Gasteiger partial charge in [-0.25, -0.2) is 0 Å². The Morgan fingerprint density at radius 1 is 1.10 bits per heavy atom. The first kappa shape index (κ1) is 16.5. The van der Waals surface area contributed by atoms with Gasteiger partial charge >= 0.3 is 0 Å². The molecule has 2 rings (SSSR count). The molecule has 0 spiro atoms. The highest BCUT2D eigenvalue weighted by molar-refractivity contribution is 5.22. The summed E-state index contributed by atoms with van der Waals surface area (Å²) in [5.74, 6) is 0.736. The second-order valence-corrected chi connectivity index (χ2v) is 7.01. The van der Waals surface area contributed by atoms with Gasteiger partial charge in [0.25, 0.3) is 0 Å². The molecule has 1 N–H and O–H groups in total. The van der Waals surface area contributed by atoms with E-state index in [1.807, 2.05) is 0 Å². The summed E-state index contributed by atoms with van der Waals surface area (Å²) in [6.45, 7) is 7.78. The molecule has 0 unspecified atom stereocenters. The van der Waals surface area contributed by atoms with E-state index in [2.05, 4.69) is 55.4 Å². The second kappa shape index (κ2) is 8.55. The highest BCUT2D eigenvalue weighted by atomic mass is 15.1. The minimum atomic E-state index is 0.736. The van der Waals surface area contributed by atoms with Gasteiger partial charge < -0.3 is 10.2 Å². The highest BCUT2D eigenvalue weighted by Gasteiger charge is 2.18. The molecule has 1 fully saturated rings. The predicted molar refractivity (Wildman–Crippen MR) is 91.6 cm³/mol. The smallest absolute Gasteiger partial charge is 0.0206 e. The van der Waals surface area contributed by atoms with Gasteiger partial charge in [0.05, 0.1) is 0 Å². The SMILES string of the molecule is CC(C)Cc1ccc(CNCCN(C)C2CCCC2)cc1. The van der Waals surface area contributed by atoms with Crippen LogP contribution in [-0.4, -0.2) is 31.1 Å². The number of nitrogens with zero attached hydrogens (tertiary/aromatic N) is 1. The summed E-state index contributed by atoms with van der Waals surface area (Å²) in [6, 6.07) is 9.93. The minimum absolute atomic E-state index is 0.736. The Kier molecular flexibility index (Phi) is 6.72. The summed E-state index contributed by atoms with van der Waals surface area (Å²) in [5, 5.41) is 3.57. The molecule has 0 heterocycles. The fraction of sp³-hybridized carbons (Fsp3) is 0.684. The molecule has 1 aromatic carbocycles. The van der Waals surface area contributed by atoms with E-state index in [0.717, 1.165) is 31.6 Å². The van der Waals surface area contributed by atoms with Crippen molar-refractivity contribution in [3.05, 3.63) is 35.4 Å². The zero-order chi connectivity index (χ0) is 15.1. The van der Waals surface area contributed by atoms with E-state index in [1.54, 1.807) is 0 Å². The van der Waals surface area contributed by atoms with E-state index in [0.29, 0.717) is 0 Å². The predicted octanol–water partition coefficient (Wildman–Crippen LogP) is 3.85. The lowest BCUT2D eigenvalue weighted by Gasteiger charge is -2.24. The summed E-state index contributed by atoms with van der Waals surface area (Å²) in [7, 11) is 2.28. The molecule has 118 valence electrons. The number of nitrogens with one attached hydrogen (secondary N) is 1. The molecule has 0 amide bonds. The van der Waals surface area contributed by atoms with Crippen LogP contribution in [0, 0.1) is 5.92 Å². The molecule has 0 aliphatic heterocycles. The van der Waals surface area contributed by atoms with Gasteiger partial charge in [0.2, 0.25) is 0 Å². The lowest BCUT2D eigenvalue weighted by Crippen LogP contribution is -2.35. The van der Waals surface area contributed by atoms with Gasteiger partial charge in [-0.15, -0.1) is 0 Å². The Hall–Kier alpha value is -0.860. The normalized spacial score (nSPS) is 16.2. The number of hydrogen-bond donors (Lipinski definition) is 1. The van der Waals surface area contributed by atoms with E-state index in [9.17, 15) is 0 Å². The molecule has 21 heavy (non-hydrogen) atoms. The first-order chi connectivity index (χ1) is 10.1. The van der Waals surface area contributed by atoms with Gasteiger partial charge in [0, 0.05) is 25.7 Å². The average molecular weight is 288 g/mol. The fourth-order valence-electron chi connectivity index (χ4n) is 3.28. The molecule has 1 saturated carbocycles. The first-order valence-corrected chi connectivity index (χ1v) is 8.64. The quantitative estimate of drug-likeness (QED) is 0.731. The first-order valence-electron chi connectivity index (χ1n) is 8.64. The van der Waals surface area contributed by atoms with Gasteiger partial charge in [-0.3, -0.25) is 0 Å². The van der Waals surface area contributed by atoms with E-state index in [-0.39, 0.29) is 0 Å². The van der Waals surface area contributed by atoms with Crippen LogP contribution < -0.4 is 5.32 Å². The van der Waals surface area contributed by atoms with Gasteiger partial charge in [-0.1, -0.05) is 51.0 Å². The fourth-order valence-corrected chi connectivity index (χ4v) is 3.28. The monoisotopic (exact) mass is 288 g/mol. The molecule has 1 aliphatic rings. The molecule has 1 aliphatic carbocycles. The third kappa shape index (κ3) is 5.80. The van der Waals surface area contributed by atoms with Crippen molar-refractivity contribution < 1.29 is 0 Å². The van der Waals surface area contributed by atoms with Crippen LogP contribution in [0.3, 0.4) is 0 Å². The molecular formula is C19H32N2. The number of likely N-dealkylation sites (N-methyl/N-ethyl adjacent to an activating group) is 1. The van der Waals surface area contributed by atoms with Crippen LogP contribution in [0.5, 0.6) is 0 Å². The van der Waals surface area contributed by atoms with Crippen LogP contribution in [0.15, 0.2) is 24.3 Å². The van der Waals surface area contributed by atoms with Gasteiger partial charge in [0.1, 0.15) is 0 Å². The van der Waals surface area contributed by atoms with Gasteiger partial charge in [-0.05, 0) is 43.4 Å². The molecule has 1 aromatic rings. The second-order valence-electron chi connectivity index (χ2n) is 7.01. The summed E-state index contributed by atoms with van der Waals surface area (Å²) in [4.78, 5) is 2.53. The largest absolute Gasteiger partial charge is 0.311 e. The maximum atomic E-state index is 3.57. The zero-order valence-electron chi connectivity index (χ0n) is 14.1. The van der Waals surface area contributed by atoms with Crippen molar-refractivity contribution in [3.63, 3.8) is 0 Å². The van der Waals surface area contributed by atoms with Crippen LogP contribution >= 0.6 is 0 Å². The van der Waals surface area contributed by atoms with E-state index < -0.39 is 0 Å². The number of hydrogen-bond acceptors (Lipinski definition) is 2. The third-order valence-corrected chi connectivity index (χ3v) is 4.59. The van der Waals surface area contributed by atoms with Crippen molar-refractivity contribution >= 4 is 0 Å². The van der Waals surface area contributed by atoms with Crippen LogP contribution in [-0.2, 0) is 13.0 Å². The lowest BCUT2D eigenvalue weighted by atomic mass is 10.0. The molecule has 0 bridgehead atoms. The van der Waals surface area contributed by atoms with Crippen molar-refractivity contribution in [2.75, 3.05) is 20.1 Å². The molecule has 0 aromatic heterocycles. The third-order valence-electron chi connectivity index (χ3n) is 4.59. The number of rotatable bonds is 8.